The first-order valence-corrected chi connectivity index (χ1v) is 7.39. The fraction of sp³-hybridized carbons (Fsp3) is 0.625. The van der Waals surface area contributed by atoms with Crippen molar-refractivity contribution in [3.63, 3.8) is 0 Å². The minimum atomic E-state index is -0.748. The number of hydrogen-bond acceptors (Lipinski definition) is 3. The van der Waals surface area contributed by atoms with Gasteiger partial charge in [-0.3, -0.25) is 9.80 Å². The van der Waals surface area contributed by atoms with Crippen LogP contribution in [0, 0.1) is 0 Å². The molecule has 3 nitrogen and oxygen atoms in total. The molecule has 2 unspecified atom stereocenters. The molecule has 0 spiro atoms. The molecule has 3 heteroatoms. The van der Waals surface area contributed by atoms with Crippen LogP contribution < -0.4 is 0 Å². The van der Waals surface area contributed by atoms with Gasteiger partial charge in [-0.1, -0.05) is 30.3 Å². The highest BCUT2D eigenvalue weighted by Crippen LogP contribution is 2.26. The van der Waals surface area contributed by atoms with Gasteiger partial charge in [-0.25, -0.2) is 0 Å². The number of benzene rings is 1. The molecule has 19 heavy (non-hydrogen) atoms. The molecule has 0 radical (unpaired) electrons. The van der Waals surface area contributed by atoms with E-state index < -0.39 is 5.60 Å². The summed E-state index contributed by atoms with van der Waals surface area (Å²) in [4.78, 5) is 5.03. The van der Waals surface area contributed by atoms with Crippen molar-refractivity contribution < 1.29 is 5.11 Å². The standard InChI is InChI=1S/C16H24N2O/c1-16(19,14-6-3-2-4-7-14)13-17-10-11-18-9-5-8-15(18)12-17/h2-4,6-7,15,19H,5,8-13H2,1H3. The van der Waals surface area contributed by atoms with Crippen molar-refractivity contribution in [2.24, 2.45) is 0 Å². The van der Waals surface area contributed by atoms with Crippen molar-refractivity contribution in [2.75, 3.05) is 32.7 Å². The summed E-state index contributed by atoms with van der Waals surface area (Å²) in [6.45, 7) is 7.30. The van der Waals surface area contributed by atoms with Crippen molar-refractivity contribution in [2.45, 2.75) is 31.4 Å². The van der Waals surface area contributed by atoms with Gasteiger partial charge in [-0.2, -0.15) is 0 Å². The summed E-state index contributed by atoms with van der Waals surface area (Å²) in [6.07, 6.45) is 2.66. The smallest absolute Gasteiger partial charge is 0.0994 e. The van der Waals surface area contributed by atoms with Crippen molar-refractivity contribution in [1.29, 1.82) is 0 Å². The van der Waals surface area contributed by atoms with E-state index in [1.807, 2.05) is 37.3 Å². The third-order valence-electron chi connectivity index (χ3n) is 4.60. The molecule has 3 rings (SSSR count). The Morgan fingerprint density at radius 3 is 2.79 bits per heavy atom. The summed E-state index contributed by atoms with van der Waals surface area (Å²) in [7, 11) is 0. The van der Waals surface area contributed by atoms with Gasteiger partial charge in [0.15, 0.2) is 0 Å². The summed E-state index contributed by atoms with van der Waals surface area (Å²) in [6, 6.07) is 10.8. The lowest BCUT2D eigenvalue weighted by molar-refractivity contribution is -0.00665. The summed E-state index contributed by atoms with van der Waals surface area (Å²) >= 11 is 0. The second kappa shape index (κ2) is 5.23. The molecule has 104 valence electrons. The molecule has 2 atom stereocenters. The SMILES string of the molecule is CC(O)(CN1CCN2CCCC2C1)c1ccccc1. The highest BCUT2D eigenvalue weighted by Gasteiger charge is 2.34. The monoisotopic (exact) mass is 260 g/mol. The van der Waals surface area contributed by atoms with Crippen LogP contribution in [0.25, 0.3) is 0 Å². The lowest BCUT2D eigenvalue weighted by atomic mass is 9.95. The predicted molar refractivity (Wildman–Crippen MR) is 77.0 cm³/mol. The summed E-state index contributed by atoms with van der Waals surface area (Å²) in [5, 5.41) is 10.7. The van der Waals surface area contributed by atoms with Gasteiger partial charge >= 0.3 is 0 Å². The molecular weight excluding hydrogens is 236 g/mol. The van der Waals surface area contributed by atoms with Gasteiger partial charge in [-0.15, -0.1) is 0 Å². The molecule has 0 saturated carbocycles. The third kappa shape index (κ3) is 2.83. The summed E-state index contributed by atoms with van der Waals surface area (Å²) in [5.74, 6) is 0. The number of piperazine rings is 1. The van der Waals surface area contributed by atoms with Crippen LogP contribution in [-0.4, -0.2) is 53.7 Å². The van der Waals surface area contributed by atoms with Gasteiger partial charge < -0.3 is 5.11 Å². The summed E-state index contributed by atoms with van der Waals surface area (Å²) in [5.41, 5.74) is 0.269. The second-order valence-electron chi connectivity index (χ2n) is 6.21. The van der Waals surface area contributed by atoms with Gasteiger partial charge in [0.25, 0.3) is 0 Å². The Labute approximate surface area is 115 Å². The largest absolute Gasteiger partial charge is 0.384 e. The first-order valence-electron chi connectivity index (χ1n) is 7.39. The Bertz CT molecular complexity index is 418. The van der Waals surface area contributed by atoms with Crippen molar-refractivity contribution in [1.82, 2.24) is 9.80 Å². The van der Waals surface area contributed by atoms with E-state index in [0.717, 1.165) is 37.8 Å². The minimum Gasteiger partial charge on any atom is -0.384 e. The van der Waals surface area contributed by atoms with Gasteiger partial charge in [0.05, 0.1) is 5.60 Å². The maximum Gasteiger partial charge on any atom is 0.0994 e. The van der Waals surface area contributed by atoms with Gasteiger partial charge in [0.1, 0.15) is 0 Å². The Morgan fingerprint density at radius 2 is 2.00 bits per heavy atom. The van der Waals surface area contributed by atoms with Crippen molar-refractivity contribution in [3.05, 3.63) is 35.9 Å². The number of hydrogen-bond donors (Lipinski definition) is 1. The van der Waals surface area contributed by atoms with E-state index in [1.165, 1.54) is 19.4 Å². The van der Waals surface area contributed by atoms with Crippen LogP contribution in [0.1, 0.15) is 25.3 Å². The molecule has 1 aromatic carbocycles. The maximum absolute atomic E-state index is 10.7. The van der Waals surface area contributed by atoms with Crippen molar-refractivity contribution >= 4 is 0 Å². The van der Waals surface area contributed by atoms with Gasteiger partial charge in [-0.05, 0) is 31.9 Å². The highest BCUT2D eigenvalue weighted by molar-refractivity contribution is 5.21. The molecule has 0 amide bonds. The Morgan fingerprint density at radius 1 is 1.21 bits per heavy atom. The summed E-state index contributed by atoms with van der Waals surface area (Å²) < 4.78 is 0. The predicted octanol–water partition coefficient (Wildman–Crippen LogP) is 1.67. The average Bonchev–Trinajstić information content (AvgIpc) is 2.87. The fourth-order valence-electron chi connectivity index (χ4n) is 3.52. The quantitative estimate of drug-likeness (QED) is 0.895. The van der Waals surface area contributed by atoms with E-state index >= 15 is 0 Å². The fourth-order valence-corrected chi connectivity index (χ4v) is 3.52. The molecule has 1 N–H and O–H groups in total. The molecule has 2 aliphatic heterocycles. The van der Waals surface area contributed by atoms with E-state index in [1.54, 1.807) is 0 Å². The van der Waals surface area contributed by atoms with Crippen LogP contribution in [0.2, 0.25) is 0 Å². The van der Waals surface area contributed by atoms with Crippen LogP contribution in [0.4, 0.5) is 0 Å². The molecule has 2 aliphatic rings. The number of fused-ring (bicyclic) bond motifs is 1. The molecule has 2 fully saturated rings. The third-order valence-corrected chi connectivity index (χ3v) is 4.60. The number of aliphatic hydroxyl groups is 1. The second-order valence-corrected chi connectivity index (χ2v) is 6.21. The van der Waals surface area contributed by atoms with Gasteiger partial charge in [0, 0.05) is 32.2 Å². The zero-order chi connectivity index (χ0) is 13.3. The van der Waals surface area contributed by atoms with Crippen LogP contribution >= 0.6 is 0 Å². The normalized spacial score (nSPS) is 28.0. The maximum atomic E-state index is 10.7. The van der Waals surface area contributed by atoms with Crippen LogP contribution in [0.15, 0.2) is 30.3 Å². The Balaban J connectivity index is 1.64. The molecule has 2 saturated heterocycles. The Kier molecular flexibility index (Phi) is 3.61. The minimum absolute atomic E-state index is 0.723. The van der Waals surface area contributed by atoms with Crippen LogP contribution in [0.5, 0.6) is 0 Å². The van der Waals surface area contributed by atoms with E-state index in [4.69, 9.17) is 0 Å². The van der Waals surface area contributed by atoms with E-state index in [-0.39, 0.29) is 0 Å². The van der Waals surface area contributed by atoms with Crippen molar-refractivity contribution in [3.8, 4) is 0 Å². The number of rotatable bonds is 3. The average molecular weight is 260 g/mol. The molecule has 0 aliphatic carbocycles. The van der Waals surface area contributed by atoms with Gasteiger partial charge in [0.2, 0.25) is 0 Å². The van der Waals surface area contributed by atoms with E-state index in [9.17, 15) is 5.11 Å². The first kappa shape index (κ1) is 13.1. The Hall–Kier alpha value is -0.900. The van der Waals surface area contributed by atoms with E-state index in [2.05, 4.69) is 9.80 Å². The topological polar surface area (TPSA) is 26.7 Å². The van der Waals surface area contributed by atoms with Crippen LogP contribution in [-0.2, 0) is 5.60 Å². The zero-order valence-electron chi connectivity index (χ0n) is 11.8. The molecule has 0 aromatic heterocycles. The molecule has 0 bridgehead atoms. The molecular formula is C16H24N2O. The molecule has 2 heterocycles. The zero-order valence-corrected chi connectivity index (χ0v) is 11.8. The van der Waals surface area contributed by atoms with Crippen LogP contribution in [0.3, 0.4) is 0 Å². The highest BCUT2D eigenvalue weighted by atomic mass is 16.3. The van der Waals surface area contributed by atoms with E-state index in [0.29, 0.717) is 0 Å². The molecule has 1 aromatic rings. The first-order chi connectivity index (χ1) is 9.15. The lowest BCUT2D eigenvalue weighted by Gasteiger charge is -2.40. The number of nitrogens with zero attached hydrogens (tertiary/aromatic N) is 2. The number of β-amino-alcohol motifs (C(OH)–C–C–N with tert-alkyl or cyclic N) is 1. The lowest BCUT2D eigenvalue weighted by Crippen LogP contribution is -2.53.